The van der Waals surface area contributed by atoms with Crippen LogP contribution in [0.3, 0.4) is 0 Å². The number of aliphatic hydroxyl groups is 2. The van der Waals surface area contributed by atoms with Gasteiger partial charge < -0.3 is 20.2 Å². The van der Waals surface area contributed by atoms with Crippen molar-refractivity contribution in [3.05, 3.63) is 235 Å². The van der Waals surface area contributed by atoms with E-state index in [0.29, 0.717) is 11.4 Å². The first-order valence-corrected chi connectivity index (χ1v) is 20.5. The Bertz CT molecular complexity index is 3370. The molecule has 0 aromatic heterocycles. The second-order valence-corrected chi connectivity index (χ2v) is 15.6. The molecule has 6 heteroatoms. The van der Waals surface area contributed by atoms with Crippen molar-refractivity contribution in [3.63, 3.8) is 0 Å². The Balaban J connectivity index is 0.975. The maximum Gasteiger partial charge on any atom is 0.215 e. The lowest BCUT2D eigenvalue weighted by molar-refractivity contribution is -0.111. The van der Waals surface area contributed by atoms with Crippen molar-refractivity contribution in [1.82, 2.24) is 4.58 Å². The van der Waals surface area contributed by atoms with Gasteiger partial charge in [-0.25, -0.2) is 0 Å². The summed E-state index contributed by atoms with van der Waals surface area (Å²) >= 11 is 0. The van der Waals surface area contributed by atoms with Gasteiger partial charge in [0.15, 0.2) is 0 Å². The Morgan fingerprint density at radius 3 is 1.32 bits per heavy atom. The zero-order chi connectivity index (χ0) is 41.9. The second-order valence-electron chi connectivity index (χ2n) is 15.6. The highest BCUT2D eigenvalue weighted by Gasteiger charge is 2.40. The summed E-state index contributed by atoms with van der Waals surface area (Å²) in [6.07, 6.45) is 5.12. The van der Waals surface area contributed by atoms with Crippen LogP contribution in [-0.4, -0.2) is 26.8 Å². The molecule has 0 amide bonds. The molecule has 0 bridgehead atoms. The van der Waals surface area contributed by atoms with E-state index in [9.17, 15) is 20.1 Å². The number of phenolic OH excluding ortho intramolecular Hbond substituents is 1. The zero-order valence-electron chi connectivity index (χ0n) is 33.3. The minimum Gasteiger partial charge on any atom is -0.507 e. The average Bonchev–Trinajstić information content (AvgIpc) is 3.30. The van der Waals surface area contributed by atoms with E-state index in [-0.39, 0.29) is 39.6 Å². The molecule has 0 heterocycles. The Morgan fingerprint density at radius 2 is 0.855 bits per heavy atom. The van der Waals surface area contributed by atoms with E-state index in [4.69, 9.17) is 0 Å². The number of anilines is 3. The van der Waals surface area contributed by atoms with Crippen LogP contribution in [0, 0.1) is 0 Å². The predicted molar refractivity (Wildman–Crippen MR) is 254 cm³/mol. The van der Waals surface area contributed by atoms with Crippen LogP contribution in [0.1, 0.15) is 5.56 Å². The van der Waals surface area contributed by atoms with Gasteiger partial charge in [0.1, 0.15) is 17.3 Å². The molecular weight excluding hydrogens is 765 g/mol. The molecule has 0 saturated heterocycles. The highest BCUT2D eigenvalue weighted by atomic mass is 16.3. The molecular formula is C56H37N2O4+. The molecule has 0 radical (unpaired) electrons. The largest absolute Gasteiger partial charge is 0.507 e. The number of aliphatic hydroxyl groups excluding tert-OH is 2. The molecule has 0 spiro atoms. The maximum absolute atomic E-state index is 14.0. The molecule has 2 aliphatic carbocycles. The molecule has 0 fully saturated rings. The van der Waals surface area contributed by atoms with E-state index in [2.05, 4.69) is 107 Å². The van der Waals surface area contributed by atoms with Crippen molar-refractivity contribution in [1.29, 1.82) is 0 Å². The average molecular weight is 802 g/mol. The Morgan fingerprint density at radius 1 is 0.419 bits per heavy atom. The van der Waals surface area contributed by atoms with Crippen molar-refractivity contribution in [3.8, 4) is 5.75 Å². The Hall–Kier alpha value is -8.48. The number of Topliss-reactive ketones (excluding diaryl/α,β-unsaturated/α-hetero) is 1. The minimum absolute atomic E-state index is 0.00978. The minimum atomic E-state index is -0.476. The van der Waals surface area contributed by atoms with Gasteiger partial charge in [-0.05, 0) is 97.7 Å². The van der Waals surface area contributed by atoms with Crippen LogP contribution in [-0.2, 0) is 4.79 Å². The number of aromatic hydroxyl groups is 1. The van der Waals surface area contributed by atoms with Gasteiger partial charge in [0.2, 0.25) is 22.9 Å². The van der Waals surface area contributed by atoms with Gasteiger partial charge in [-0.1, -0.05) is 109 Å². The molecule has 294 valence electrons. The lowest BCUT2D eigenvalue weighted by atomic mass is 9.79. The lowest BCUT2D eigenvalue weighted by Gasteiger charge is -2.28. The zero-order valence-corrected chi connectivity index (χ0v) is 33.3. The first-order chi connectivity index (χ1) is 30.4. The molecule has 0 atom stereocenters. The van der Waals surface area contributed by atoms with Crippen LogP contribution < -0.4 is 9.48 Å². The van der Waals surface area contributed by atoms with Crippen molar-refractivity contribution >= 4 is 88.6 Å². The Labute approximate surface area is 357 Å². The number of carbonyl (C=O) groups is 1. The van der Waals surface area contributed by atoms with E-state index in [1.807, 2.05) is 84.9 Å². The number of benzene rings is 9. The molecule has 6 nitrogen and oxygen atoms in total. The second kappa shape index (κ2) is 14.7. The van der Waals surface area contributed by atoms with E-state index in [1.165, 1.54) is 0 Å². The summed E-state index contributed by atoms with van der Waals surface area (Å²) in [7, 11) is 0. The normalized spacial score (nSPS) is 15.1. The monoisotopic (exact) mass is 801 g/mol. The first kappa shape index (κ1) is 36.6. The number of rotatable bonds is 6. The summed E-state index contributed by atoms with van der Waals surface area (Å²) in [5.41, 5.74) is 5.29. The van der Waals surface area contributed by atoms with Crippen LogP contribution >= 0.6 is 0 Å². The SMILES string of the molecule is O=C1C(c2ccc(N(c3ccc4ccccc4c3)c3ccc4ccccc4c3)cc2O)=C(O)/C1=C1/C=CC(=[N+](c2ccc3ccccc3c2)c2ccc3ccccc3c2)C=C1O. The molecule has 0 aliphatic heterocycles. The highest BCUT2D eigenvalue weighted by Crippen LogP contribution is 2.46. The number of carbonyl (C=O) groups excluding carboxylic acids is 1. The molecule has 0 saturated carbocycles. The van der Waals surface area contributed by atoms with Crippen molar-refractivity contribution in [2.45, 2.75) is 0 Å². The van der Waals surface area contributed by atoms with E-state index < -0.39 is 5.78 Å². The number of phenols is 1. The third-order valence-electron chi connectivity index (χ3n) is 11.9. The quantitative estimate of drug-likeness (QED) is 0.115. The number of allylic oxidation sites excluding steroid dienone is 5. The topological polar surface area (TPSA) is 84.0 Å². The van der Waals surface area contributed by atoms with Gasteiger partial charge in [-0.2, -0.15) is 4.58 Å². The molecule has 3 N–H and O–H groups in total. The van der Waals surface area contributed by atoms with E-state index in [0.717, 1.165) is 65.8 Å². The van der Waals surface area contributed by atoms with Gasteiger partial charge in [0.05, 0.1) is 17.2 Å². The lowest BCUT2D eigenvalue weighted by Crippen LogP contribution is -2.24. The molecule has 9 aromatic carbocycles. The summed E-state index contributed by atoms with van der Waals surface area (Å²) in [5, 5.41) is 43.5. The van der Waals surface area contributed by atoms with Gasteiger partial charge in [0, 0.05) is 64.6 Å². The van der Waals surface area contributed by atoms with Crippen LogP contribution in [0.2, 0.25) is 0 Å². The highest BCUT2D eigenvalue weighted by molar-refractivity contribution is 6.40. The fraction of sp³-hybridized carbons (Fsp3) is 0. The maximum atomic E-state index is 14.0. The predicted octanol–water partition coefficient (Wildman–Crippen LogP) is 13.6. The summed E-state index contributed by atoms with van der Waals surface area (Å²) < 4.78 is 2.06. The number of fused-ring (bicyclic) bond motifs is 4. The van der Waals surface area contributed by atoms with Crippen LogP contribution in [0.15, 0.2) is 229 Å². The summed E-state index contributed by atoms with van der Waals surface area (Å²) in [4.78, 5) is 16.1. The number of nitrogens with zero attached hydrogens (tertiary/aromatic N) is 2. The van der Waals surface area contributed by atoms with Crippen LogP contribution in [0.25, 0.3) is 48.7 Å². The summed E-state index contributed by atoms with van der Waals surface area (Å²) in [5.74, 6) is -1.09. The van der Waals surface area contributed by atoms with E-state index in [1.54, 1.807) is 24.3 Å². The van der Waals surface area contributed by atoms with Crippen LogP contribution in [0.5, 0.6) is 5.75 Å². The smallest absolute Gasteiger partial charge is 0.215 e. The van der Waals surface area contributed by atoms with Gasteiger partial charge >= 0.3 is 0 Å². The first-order valence-electron chi connectivity index (χ1n) is 20.5. The van der Waals surface area contributed by atoms with Crippen molar-refractivity contribution in [2.24, 2.45) is 0 Å². The van der Waals surface area contributed by atoms with Crippen LogP contribution in [0.4, 0.5) is 28.4 Å². The number of ketones is 1. The van der Waals surface area contributed by atoms with Crippen molar-refractivity contribution < 1.29 is 20.1 Å². The van der Waals surface area contributed by atoms with Crippen molar-refractivity contribution in [2.75, 3.05) is 4.90 Å². The molecule has 0 unspecified atom stereocenters. The third-order valence-corrected chi connectivity index (χ3v) is 11.9. The standard InChI is InChI=1S/C56H36N2O4/c59-51-33-47(57(43-21-17-35-9-1-5-13-39(35)29-43)44-22-18-36-10-2-6-14-40(36)30-44)25-27-49(51)53-55(61)54(56(53)62)50-28-26-48(34-52(50)60)58(45-23-19-37-11-3-7-15-41(37)31-45)46-24-20-38-12-4-8-16-42(38)32-46/h1-34H,(H2,59,60,61,62)/p+1. The van der Waals surface area contributed by atoms with Gasteiger partial charge in [-0.3, -0.25) is 4.79 Å². The fourth-order valence-electron chi connectivity index (χ4n) is 8.80. The number of hydrogen-bond acceptors (Lipinski definition) is 5. The summed E-state index contributed by atoms with van der Waals surface area (Å²) in [6, 6.07) is 62.7. The molecule has 11 rings (SSSR count). The van der Waals surface area contributed by atoms with Gasteiger partial charge in [0.25, 0.3) is 0 Å². The molecule has 62 heavy (non-hydrogen) atoms. The molecule has 2 aliphatic rings. The third kappa shape index (κ3) is 6.21. The fourth-order valence-corrected chi connectivity index (χ4v) is 8.80. The number of hydrogen-bond donors (Lipinski definition) is 3. The molecule has 9 aromatic rings. The Kier molecular flexibility index (Phi) is 8.65. The summed E-state index contributed by atoms with van der Waals surface area (Å²) in [6.45, 7) is 0. The van der Waals surface area contributed by atoms with Gasteiger partial charge in [-0.15, -0.1) is 0 Å². The van der Waals surface area contributed by atoms with E-state index >= 15 is 0 Å².